The Kier molecular flexibility index (Phi) is 4.46. The standard InChI is InChI=1S/C24H23N5O2/c1-5-20(18-8-6-7-11-25-18)29-23-17-10-9-16(22-14(2)27-31-15(22)3)12-19(17)26-13-21(23)28(4)24(29)30/h6-13,20H,5H2,1-4H3/t20-/m0/s1. The van der Waals surface area contributed by atoms with Crippen LogP contribution in [0.3, 0.4) is 0 Å². The summed E-state index contributed by atoms with van der Waals surface area (Å²) in [6.45, 7) is 5.91. The number of benzene rings is 1. The molecule has 0 N–H and O–H groups in total. The van der Waals surface area contributed by atoms with Crippen molar-refractivity contribution in [1.82, 2.24) is 24.3 Å². The Bertz CT molecular complexity index is 1460. The first kappa shape index (κ1) is 19.2. The normalized spacial score (nSPS) is 12.6. The molecule has 5 aromatic rings. The van der Waals surface area contributed by atoms with Crippen LogP contribution in [0.15, 0.2) is 58.1 Å². The van der Waals surface area contributed by atoms with Crippen molar-refractivity contribution >= 4 is 21.9 Å². The number of aromatic nitrogens is 5. The van der Waals surface area contributed by atoms with Gasteiger partial charge in [-0.3, -0.25) is 19.1 Å². The zero-order chi connectivity index (χ0) is 21.7. The highest BCUT2D eigenvalue weighted by Crippen LogP contribution is 2.33. The van der Waals surface area contributed by atoms with Gasteiger partial charge in [0.2, 0.25) is 0 Å². The molecule has 4 aromatic heterocycles. The summed E-state index contributed by atoms with van der Waals surface area (Å²) in [4.78, 5) is 22.5. The molecule has 5 rings (SSSR count). The van der Waals surface area contributed by atoms with E-state index in [9.17, 15) is 4.79 Å². The molecule has 0 unspecified atom stereocenters. The maximum absolute atomic E-state index is 13.3. The molecule has 1 aromatic carbocycles. The quantitative estimate of drug-likeness (QED) is 0.432. The molecule has 0 saturated carbocycles. The van der Waals surface area contributed by atoms with Gasteiger partial charge in [-0.05, 0) is 44.0 Å². The number of aryl methyl sites for hydroxylation is 3. The van der Waals surface area contributed by atoms with Gasteiger partial charge in [0, 0.05) is 24.2 Å². The summed E-state index contributed by atoms with van der Waals surface area (Å²) in [6, 6.07) is 11.8. The molecular formula is C24H23N5O2. The fourth-order valence-corrected chi connectivity index (χ4v) is 4.46. The average Bonchev–Trinajstić information content (AvgIpc) is 3.25. The molecule has 31 heavy (non-hydrogen) atoms. The fraction of sp³-hybridized carbons (Fsp3) is 0.250. The SMILES string of the molecule is CC[C@@H](c1ccccn1)n1c(=O)n(C)c2cnc3cc(-c4c(C)noc4C)ccc3c21. The van der Waals surface area contributed by atoms with Crippen molar-refractivity contribution < 1.29 is 4.52 Å². The molecule has 4 heterocycles. The minimum absolute atomic E-state index is 0.0726. The Morgan fingerprint density at radius 2 is 1.97 bits per heavy atom. The van der Waals surface area contributed by atoms with Crippen molar-refractivity contribution in [2.24, 2.45) is 7.05 Å². The number of fused-ring (bicyclic) bond motifs is 3. The number of hydrogen-bond donors (Lipinski definition) is 0. The lowest BCUT2D eigenvalue weighted by molar-refractivity contribution is 0.393. The molecule has 1 atom stereocenters. The van der Waals surface area contributed by atoms with Crippen molar-refractivity contribution in [2.75, 3.05) is 0 Å². The third-order valence-electron chi connectivity index (χ3n) is 5.97. The van der Waals surface area contributed by atoms with Gasteiger partial charge in [0.25, 0.3) is 0 Å². The van der Waals surface area contributed by atoms with Gasteiger partial charge in [0.1, 0.15) is 5.76 Å². The highest BCUT2D eigenvalue weighted by Gasteiger charge is 2.23. The van der Waals surface area contributed by atoms with Gasteiger partial charge in [-0.25, -0.2) is 4.79 Å². The average molecular weight is 413 g/mol. The fourth-order valence-electron chi connectivity index (χ4n) is 4.46. The van der Waals surface area contributed by atoms with E-state index in [1.165, 1.54) is 0 Å². The second-order valence-electron chi connectivity index (χ2n) is 7.81. The van der Waals surface area contributed by atoms with Gasteiger partial charge in [-0.15, -0.1) is 0 Å². The lowest BCUT2D eigenvalue weighted by atomic mass is 10.0. The van der Waals surface area contributed by atoms with Crippen molar-refractivity contribution in [3.8, 4) is 11.1 Å². The van der Waals surface area contributed by atoms with Crippen LogP contribution in [-0.4, -0.2) is 24.3 Å². The van der Waals surface area contributed by atoms with E-state index < -0.39 is 0 Å². The van der Waals surface area contributed by atoms with E-state index in [1.807, 2.05) is 54.8 Å². The van der Waals surface area contributed by atoms with Gasteiger partial charge in [0.05, 0.1) is 40.2 Å². The molecule has 0 saturated heterocycles. The van der Waals surface area contributed by atoms with E-state index in [2.05, 4.69) is 22.0 Å². The summed E-state index contributed by atoms with van der Waals surface area (Å²) in [7, 11) is 1.79. The molecule has 0 aliphatic heterocycles. The summed E-state index contributed by atoms with van der Waals surface area (Å²) in [6.07, 6.45) is 4.29. The monoisotopic (exact) mass is 413 g/mol. The molecule has 0 bridgehead atoms. The van der Waals surface area contributed by atoms with Crippen LogP contribution in [0.25, 0.3) is 33.1 Å². The first-order chi connectivity index (χ1) is 15.0. The van der Waals surface area contributed by atoms with Crippen molar-refractivity contribution in [3.63, 3.8) is 0 Å². The lowest BCUT2D eigenvalue weighted by Crippen LogP contribution is -2.27. The molecule has 0 aliphatic rings. The molecule has 7 heteroatoms. The summed E-state index contributed by atoms with van der Waals surface area (Å²) >= 11 is 0. The van der Waals surface area contributed by atoms with Crippen LogP contribution in [0.1, 0.15) is 36.5 Å². The minimum Gasteiger partial charge on any atom is -0.361 e. The van der Waals surface area contributed by atoms with Crippen molar-refractivity contribution in [3.05, 3.63) is 76.4 Å². The molecule has 0 aliphatic carbocycles. The summed E-state index contributed by atoms with van der Waals surface area (Å²) in [5, 5.41) is 5.00. The molecule has 0 amide bonds. The van der Waals surface area contributed by atoms with Gasteiger partial charge in [0.15, 0.2) is 0 Å². The van der Waals surface area contributed by atoms with E-state index in [0.29, 0.717) is 0 Å². The predicted molar refractivity (Wildman–Crippen MR) is 120 cm³/mol. The molecule has 0 fully saturated rings. The molecular weight excluding hydrogens is 390 g/mol. The van der Waals surface area contributed by atoms with Gasteiger partial charge in [-0.2, -0.15) is 0 Å². The highest BCUT2D eigenvalue weighted by atomic mass is 16.5. The smallest absolute Gasteiger partial charge is 0.329 e. The zero-order valence-electron chi connectivity index (χ0n) is 18.0. The van der Waals surface area contributed by atoms with Crippen LogP contribution in [-0.2, 0) is 7.05 Å². The van der Waals surface area contributed by atoms with Crippen LogP contribution in [0.5, 0.6) is 0 Å². The van der Waals surface area contributed by atoms with Crippen LogP contribution < -0.4 is 5.69 Å². The van der Waals surface area contributed by atoms with Crippen LogP contribution >= 0.6 is 0 Å². The van der Waals surface area contributed by atoms with E-state index in [1.54, 1.807) is 24.0 Å². The number of rotatable bonds is 4. The Balaban J connectivity index is 1.81. The van der Waals surface area contributed by atoms with E-state index in [-0.39, 0.29) is 11.7 Å². The zero-order valence-corrected chi connectivity index (χ0v) is 18.0. The lowest BCUT2D eigenvalue weighted by Gasteiger charge is -2.17. The van der Waals surface area contributed by atoms with Crippen molar-refractivity contribution in [2.45, 2.75) is 33.2 Å². The second kappa shape index (κ2) is 7.19. The first-order valence-electron chi connectivity index (χ1n) is 10.3. The summed E-state index contributed by atoms with van der Waals surface area (Å²) in [5.74, 6) is 0.774. The third-order valence-corrected chi connectivity index (χ3v) is 5.97. The Morgan fingerprint density at radius 3 is 2.65 bits per heavy atom. The van der Waals surface area contributed by atoms with E-state index in [0.717, 1.165) is 56.6 Å². The van der Waals surface area contributed by atoms with Crippen LogP contribution in [0, 0.1) is 13.8 Å². The third kappa shape index (κ3) is 2.88. The van der Waals surface area contributed by atoms with Crippen LogP contribution in [0.2, 0.25) is 0 Å². The molecule has 7 nitrogen and oxygen atoms in total. The van der Waals surface area contributed by atoms with Gasteiger partial charge >= 0.3 is 5.69 Å². The van der Waals surface area contributed by atoms with Gasteiger partial charge in [-0.1, -0.05) is 30.3 Å². The topological polar surface area (TPSA) is 78.7 Å². The molecule has 156 valence electrons. The number of pyridine rings is 2. The Labute approximate surface area is 179 Å². The van der Waals surface area contributed by atoms with Crippen molar-refractivity contribution in [1.29, 1.82) is 0 Å². The Hall–Kier alpha value is -3.74. The number of imidazole rings is 1. The largest absolute Gasteiger partial charge is 0.361 e. The maximum atomic E-state index is 13.3. The summed E-state index contributed by atoms with van der Waals surface area (Å²) in [5.41, 5.74) is 6.12. The number of nitrogens with zero attached hydrogens (tertiary/aromatic N) is 5. The first-order valence-corrected chi connectivity index (χ1v) is 10.3. The maximum Gasteiger partial charge on any atom is 0.329 e. The van der Waals surface area contributed by atoms with Gasteiger partial charge < -0.3 is 4.52 Å². The minimum atomic E-state index is -0.162. The molecule has 0 radical (unpaired) electrons. The molecule has 0 spiro atoms. The van der Waals surface area contributed by atoms with E-state index in [4.69, 9.17) is 4.52 Å². The van der Waals surface area contributed by atoms with E-state index >= 15 is 0 Å². The van der Waals surface area contributed by atoms with Crippen LogP contribution in [0.4, 0.5) is 0 Å². The summed E-state index contributed by atoms with van der Waals surface area (Å²) < 4.78 is 8.86. The number of hydrogen-bond acceptors (Lipinski definition) is 5. The second-order valence-corrected chi connectivity index (χ2v) is 7.81. The Morgan fingerprint density at radius 1 is 1.13 bits per heavy atom. The highest BCUT2D eigenvalue weighted by molar-refractivity contribution is 6.03. The predicted octanol–water partition coefficient (Wildman–Crippen LogP) is 4.55.